The SMILES string of the molecule is CC1=CCCC(Cl)=C1NC(=O)c1sc(SCc2cccc(F)c2)nc1N. The maximum Gasteiger partial charge on any atom is 0.269 e. The summed E-state index contributed by atoms with van der Waals surface area (Å²) in [5.41, 5.74) is 8.34. The summed E-state index contributed by atoms with van der Waals surface area (Å²) in [6.45, 7) is 1.91. The molecule has 2 aromatic rings. The lowest BCUT2D eigenvalue weighted by Gasteiger charge is -2.16. The monoisotopic (exact) mass is 409 g/mol. The van der Waals surface area contributed by atoms with Gasteiger partial charge in [0.25, 0.3) is 5.91 Å². The van der Waals surface area contributed by atoms with E-state index in [1.54, 1.807) is 6.07 Å². The largest absolute Gasteiger partial charge is 0.382 e. The second-order valence-corrected chi connectivity index (χ2v) is 8.45. The molecule has 0 aliphatic heterocycles. The Kier molecular flexibility index (Phi) is 6.01. The Hall–Kier alpha value is -1.83. The quantitative estimate of drug-likeness (QED) is 0.676. The first-order valence-electron chi connectivity index (χ1n) is 7.94. The highest BCUT2D eigenvalue weighted by molar-refractivity contribution is 8.00. The number of hydrogen-bond acceptors (Lipinski definition) is 5. The number of nitrogen functional groups attached to an aromatic ring is 1. The van der Waals surface area contributed by atoms with Crippen LogP contribution in [-0.2, 0) is 5.75 Å². The normalized spacial score (nSPS) is 14.3. The lowest BCUT2D eigenvalue weighted by Crippen LogP contribution is -2.25. The molecule has 136 valence electrons. The Bertz CT molecular complexity index is 908. The van der Waals surface area contributed by atoms with Crippen molar-refractivity contribution >= 4 is 46.4 Å². The van der Waals surface area contributed by atoms with E-state index in [4.69, 9.17) is 17.3 Å². The number of anilines is 1. The number of thioether (sulfide) groups is 1. The number of allylic oxidation sites excluding steroid dienone is 3. The summed E-state index contributed by atoms with van der Waals surface area (Å²) in [5, 5.41) is 3.48. The van der Waals surface area contributed by atoms with Gasteiger partial charge in [-0.2, -0.15) is 0 Å². The van der Waals surface area contributed by atoms with E-state index in [0.717, 1.165) is 17.6 Å². The summed E-state index contributed by atoms with van der Waals surface area (Å²) in [6, 6.07) is 6.38. The smallest absolute Gasteiger partial charge is 0.269 e. The Morgan fingerprint density at radius 1 is 1.50 bits per heavy atom. The number of aromatic nitrogens is 1. The van der Waals surface area contributed by atoms with Gasteiger partial charge in [0, 0.05) is 10.8 Å². The first-order valence-corrected chi connectivity index (χ1v) is 10.1. The molecule has 0 bridgehead atoms. The molecule has 1 aromatic carbocycles. The lowest BCUT2D eigenvalue weighted by atomic mass is 10.0. The van der Waals surface area contributed by atoms with E-state index in [9.17, 15) is 9.18 Å². The maximum atomic E-state index is 13.2. The van der Waals surface area contributed by atoms with Gasteiger partial charge in [-0.1, -0.05) is 41.6 Å². The van der Waals surface area contributed by atoms with E-state index < -0.39 is 0 Å². The highest BCUT2D eigenvalue weighted by Crippen LogP contribution is 2.32. The van der Waals surface area contributed by atoms with Gasteiger partial charge < -0.3 is 11.1 Å². The molecular formula is C18H17ClFN3OS2. The molecule has 4 nitrogen and oxygen atoms in total. The maximum absolute atomic E-state index is 13.2. The predicted molar refractivity (Wildman–Crippen MR) is 106 cm³/mol. The number of rotatable bonds is 5. The van der Waals surface area contributed by atoms with E-state index in [1.165, 1.54) is 35.2 Å². The zero-order valence-corrected chi connectivity index (χ0v) is 16.4. The van der Waals surface area contributed by atoms with E-state index in [2.05, 4.69) is 10.3 Å². The average molecular weight is 410 g/mol. The van der Waals surface area contributed by atoms with Crippen LogP contribution in [0.25, 0.3) is 0 Å². The van der Waals surface area contributed by atoms with Crippen molar-refractivity contribution in [2.75, 3.05) is 5.73 Å². The minimum absolute atomic E-state index is 0.184. The van der Waals surface area contributed by atoms with Crippen molar-refractivity contribution in [2.45, 2.75) is 29.9 Å². The van der Waals surface area contributed by atoms with E-state index in [-0.39, 0.29) is 17.5 Å². The minimum Gasteiger partial charge on any atom is -0.382 e. The number of thiazole rings is 1. The van der Waals surface area contributed by atoms with Crippen LogP contribution < -0.4 is 11.1 Å². The number of carbonyl (C=O) groups excluding carboxylic acids is 1. The standard InChI is InChI=1S/C18H17ClFN3OS2/c1-10-4-2-7-13(19)14(10)22-17(24)15-16(21)23-18(26-15)25-9-11-5-3-6-12(20)8-11/h3-6,8H,2,7,9,21H2,1H3,(H,22,24). The number of carbonyl (C=O) groups is 1. The van der Waals surface area contributed by atoms with Crippen LogP contribution in [0.4, 0.5) is 10.2 Å². The van der Waals surface area contributed by atoms with Crippen LogP contribution in [0, 0.1) is 5.82 Å². The van der Waals surface area contributed by atoms with Crippen LogP contribution in [0.15, 0.2) is 51.0 Å². The topological polar surface area (TPSA) is 68.0 Å². The highest BCUT2D eigenvalue weighted by Gasteiger charge is 2.20. The molecule has 1 aromatic heterocycles. The molecular weight excluding hydrogens is 393 g/mol. The summed E-state index contributed by atoms with van der Waals surface area (Å²) in [5.74, 6) is 0.136. The molecule has 0 saturated carbocycles. The van der Waals surface area contributed by atoms with Crippen LogP contribution in [0.1, 0.15) is 35.0 Å². The zero-order valence-electron chi connectivity index (χ0n) is 14.0. The van der Waals surface area contributed by atoms with Crippen molar-refractivity contribution in [1.82, 2.24) is 10.3 Å². The third-order valence-corrected chi connectivity index (χ3v) is 6.47. The molecule has 0 spiro atoms. The molecule has 26 heavy (non-hydrogen) atoms. The third-order valence-electron chi connectivity index (χ3n) is 3.81. The summed E-state index contributed by atoms with van der Waals surface area (Å²) in [4.78, 5) is 17.1. The summed E-state index contributed by atoms with van der Waals surface area (Å²) in [7, 11) is 0. The van der Waals surface area contributed by atoms with Crippen molar-refractivity contribution < 1.29 is 9.18 Å². The molecule has 0 radical (unpaired) electrons. The summed E-state index contributed by atoms with van der Waals surface area (Å²) in [6.07, 6.45) is 3.62. The second-order valence-electron chi connectivity index (χ2n) is 5.77. The number of halogens is 2. The number of nitrogens with one attached hydrogen (secondary N) is 1. The van der Waals surface area contributed by atoms with Crippen LogP contribution >= 0.6 is 34.7 Å². The van der Waals surface area contributed by atoms with Crippen molar-refractivity contribution in [1.29, 1.82) is 0 Å². The van der Waals surface area contributed by atoms with Gasteiger partial charge in [-0.15, -0.1) is 11.3 Å². The fourth-order valence-corrected chi connectivity index (χ4v) is 4.71. The number of nitrogens with two attached hydrogens (primary N) is 1. The fourth-order valence-electron chi connectivity index (χ4n) is 2.50. The molecule has 3 rings (SSSR count). The lowest BCUT2D eigenvalue weighted by molar-refractivity contribution is 0.0971. The van der Waals surface area contributed by atoms with Crippen LogP contribution in [-0.4, -0.2) is 10.9 Å². The van der Waals surface area contributed by atoms with Crippen molar-refractivity contribution in [3.63, 3.8) is 0 Å². The van der Waals surface area contributed by atoms with E-state index in [0.29, 0.717) is 32.1 Å². The van der Waals surface area contributed by atoms with Gasteiger partial charge in [0.05, 0.1) is 5.70 Å². The molecule has 0 atom stereocenters. The van der Waals surface area contributed by atoms with Crippen LogP contribution in [0.5, 0.6) is 0 Å². The van der Waals surface area contributed by atoms with Crippen molar-refractivity contribution in [2.24, 2.45) is 0 Å². The van der Waals surface area contributed by atoms with Gasteiger partial charge in [-0.3, -0.25) is 4.79 Å². The molecule has 1 amide bonds. The Labute approximate surface area is 164 Å². The first-order chi connectivity index (χ1) is 12.4. The number of hydrogen-bond donors (Lipinski definition) is 2. The number of amides is 1. The van der Waals surface area contributed by atoms with E-state index >= 15 is 0 Å². The molecule has 1 heterocycles. The fraction of sp³-hybridized carbons (Fsp3) is 0.222. The molecule has 0 saturated heterocycles. The summed E-state index contributed by atoms with van der Waals surface area (Å²) < 4.78 is 13.9. The second kappa shape index (κ2) is 8.24. The van der Waals surface area contributed by atoms with E-state index in [1.807, 2.05) is 19.1 Å². The van der Waals surface area contributed by atoms with Gasteiger partial charge in [0.1, 0.15) is 16.5 Å². The minimum atomic E-state index is -0.319. The Morgan fingerprint density at radius 2 is 2.31 bits per heavy atom. The highest BCUT2D eigenvalue weighted by atomic mass is 35.5. The molecule has 3 N–H and O–H groups in total. The number of benzene rings is 1. The van der Waals surface area contributed by atoms with Gasteiger partial charge in [-0.05, 0) is 43.0 Å². The average Bonchev–Trinajstić information content (AvgIpc) is 2.97. The first kappa shape index (κ1) is 18.9. The Morgan fingerprint density at radius 3 is 3.04 bits per heavy atom. The van der Waals surface area contributed by atoms with Crippen LogP contribution in [0.2, 0.25) is 0 Å². The van der Waals surface area contributed by atoms with Crippen molar-refractivity contribution in [3.8, 4) is 0 Å². The van der Waals surface area contributed by atoms with Crippen molar-refractivity contribution in [3.05, 3.63) is 62.9 Å². The predicted octanol–water partition coefficient (Wildman–Crippen LogP) is 5.08. The molecule has 0 unspecified atom stereocenters. The third kappa shape index (κ3) is 4.47. The zero-order chi connectivity index (χ0) is 18.7. The molecule has 0 fully saturated rings. The number of nitrogens with zero attached hydrogens (tertiary/aromatic N) is 1. The molecule has 1 aliphatic rings. The van der Waals surface area contributed by atoms with Crippen LogP contribution in [0.3, 0.4) is 0 Å². The van der Waals surface area contributed by atoms with Gasteiger partial charge in [0.15, 0.2) is 4.34 Å². The molecule has 8 heteroatoms. The Balaban J connectivity index is 1.69. The van der Waals surface area contributed by atoms with Gasteiger partial charge >= 0.3 is 0 Å². The molecule has 1 aliphatic carbocycles. The van der Waals surface area contributed by atoms with Gasteiger partial charge in [0.2, 0.25) is 0 Å². The summed E-state index contributed by atoms with van der Waals surface area (Å²) >= 11 is 8.86. The van der Waals surface area contributed by atoms with Gasteiger partial charge in [-0.25, -0.2) is 9.37 Å².